The summed E-state index contributed by atoms with van der Waals surface area (Å²) >= 11 is 0. The summed E-state index contributed by atoms with van der Waals surface area (Å²) in [6.45, 7) is 7.04. The summed E-state index contributed by atoms with van der Waals surface area (Å²) < 4.78 is 39.7. The number of rotatable bonds is 7. The topological polar surface area (TPSA) is 93.2 Å². The van der Waals surface area contributed by atoms with Gasteiger partial charge in [0.05, 0.1) is 11.7 Å². The highest BCUT2D eigenvalue weighted by Crippen LogP contribution is 2.31. The number of carbonyl (C=O) groups excluding carboxylic acids is 2. The van der Waals surface area contributed by atoms with Crippen molar-refractivity contribution in [1.82, 2.24) is 9.21 Å². The normalized spacial score (nSPS) is 17.9. The molecule has 0 aromatic heterocycles. The molecular weight excluding hydrogens is 504 g/mol. The fourth-order valence-electron chi connectivity index (χ4n) is 5.11. The molecule has 0 N–H and O–H groups in total. The van der Waals surface area contributed by atoms with Gasteiger partial charge in [0.2, 0.25) is 10.0 Å². The van der Waals surface area contributed by atoms with Crippen LogP contribution in [0.15, 0.2) is 54.6 Å². The van der Waals surface area contributed by atoms with E-state index in [9.17, 15) is 18.0 Å². The molecular formula is C29H38N2O6S. The lowest BCUT2D eigenvalue weighted by Crippen LogP contribution is -2.46. The Morgan fingerprint density at radius 2 is 1.58 bits per heavy atom. The summed E-state index contributed by atoms with van der Waals surface area (Å²) in [7, 11) is -3.72. The minimum atomic E-state index is -3.72. The third kappa shape index (κ3) is 7.35. The van der Waals surface area contributed by atoms with E-state index in [1.807, 2.05) is 54.6 Å². The van der Waals surface area contributed by atoms with Gasteiger partial charge in [0.1, 0.15) is 12.2 Å². The van der Waals surface area contributed by atoms with Gasteiger partial charge in [-0.15, -0.1) is 0 Å². The summed E-state index contributed by atoms with van der Waals surface area (Å²) in [5, 5.41) is 0. The van der Waals surface area contributed by atoms with E-state index in [1.165, 1.54) is 4.31 Å². The summed E-state index contributed by atoms with van der Waals surface area (Å²) in [6.07, 6.45) is 1.25. The molecule has 1 saturated heterocycles. The van der Waals surface area contributed by atoms with Gasteiger partial charge < -0.3 is 14.4 Å². The summed E-state index contributed by atoms with van der Waals surface area (Å²) in [4.78, 5) is 27.5. The van der Waals surface area contributed by atoms with Crippen LogP contribution in [-0.4, -0.2) is 60.7 Å². The molecule has 2 aromatic rings. The maximum absolute atomic E-state index is 13.5. The van der Waals surface area contributed by atoms with Gasteiger partial charge in [0.15, 0.2) is 0 Å². The van der Waals surface area contributed by atoms with E-state index in [0.29, 0.717) is 45.4 Å². The fraction of sp³-hybridized carbons (Fsp3) is 0.517. The zero-order valence-electron chi connectivity index (χ0n) is 22.5. The molecule has 1 unspecified atom stereocenters. The summed E-state index contributed by atoms with van der Waals surface area (Å²) in [5.74, 6) is -1.81. The van der Waals surface area contributed by atoms with Gasteiger partial charge in [-0.2, -0.15) is 4.31 Å². The minimum Gasteiger partial charge on any atom is -0.460 e. The van der Waals surface area contributed by atoms with E-state index in [0.717, 1.165) is 16.7 Å². The van der Waals surface area contributed by atoms with Crippen molar-refractivity contribution in [2.24, 2.45) is 11.8 Å². The van der Waals surface area contributed by atoms with E-state index in [4.69, 9.17) is 9.47 Å². The summed E-state index contributed by atoms with van der Waals surface area (Å²) in [6, 6.07) is 17.3. The van der Waals surface area contributed by atoms with E-state index in [1.54, 1.807) is 25.7 Å². The van der Waals surface area contributed by atoms with E-state index >= 15 is 0 Å². The number of fused-ring (bicyclic) bond motifs is 1. The van der Waals surface area contributed by atoms with Crippen LogP contribution in [0.5, 0.6) is 0 Å². The van der Waals surface area contributed by atoms with Crippen LogP contribution in [0.3, 0.4) is 0 Å². The molecule has 8 nitrogen and oxygen atoms in total. The number of carbonyl (C=O) groups is 2. The molecule has 38 heavy (non-hydrogen) atoms. The first-order valence-corrected chi connectivity index (χ1v) is 14.9. The number of sulfonamides is 1. The Hall–Kier alpha value is -2.91. The number of ether oxygens (including phenoxy) is 2. The number of benzene rings is 2. The Kier molecular flexibility index (Phi) is 8.78. The standard InChI is InChI=1S/C29H38N2O6S/c1-29(2,3)37-27(32)26(21-38(34,35)31-18-15-23-11-7-8-12-25(23)19-31)24-13-16-30(17-14-24)28(33)36-20-22-9-5-4-6-10-22/h4-12,24,26H,13-21H2,1-3H3. The Labute approximate surface area is 226 Å². The Morgan fingerprint density at radius 1 is 0.947 bits per heavy atom. The van der Waals surface area contributed by atoms with Gasteiger partial charge in [-0.1, -0.05) is 54.6 Å². The predicted molar refractivity (Wildman–Crippen MR) is 145 cm³/mol. The van der Waals surface area contributed by atoms with Crippen LogP contribution in [0.1, 0.15) is 50.3 Å². The van der Waals surface area contributed by atoms with Gasteiger partial charge in [0, 0.05) is 26.2 Å². The van der Waals surface area contributed by atoms with Crippen LogP contribution in [0.4, 0.5) is 4.79 Å². The quantitative estimate of drug-likeness (QED) is 0.482. The van der Waals surface area contributed by atoms with E-state index in [-0.39, 0.29) is 18.3 Å². The van der Waals surface area contributed by atoms with Gasteiger partial charge in [-0.3, -0.25) is 4.79 Å². The number of esters is 1. The van der Waals surface area contributed by atoms with Crippen molar-refractivity contribution in [3.8, 4) is 0 Å². The smallest absolute Gasteiger partial charge is 0.410 e. The van der Waals surface area contributed by atoms with Crippen LogP contribution < -0.4 is 0 Å². The fourth-order valence-corrected chi connectivity index (χ4v) is 6.89. The van der Waals surface area contributed by atoms with Gasteiger partial charge >= 0.3 is 12.1 Å². The van der Waals surface area contributed by atoms with Crippen LogP contribution in [0, 0.1) is 11.8 Å². The number of hydrogen-bond acceptors (Lipinski definition) is 6. The second-order valence-corrected chi connectivity index (χ2v) is 13.1. The number of piperidine rings is 1. The number of amides is 1. The molecule has 2 aliphatic rings. The van der Waals surface area contributed by atoms with Gasteiger partial charge in [-0.25, -0.2) is 13.2 Å². The second kappa shape index (κ2) is 11.9. The van der Waals surface area contributed by atoms with Crippen molar-refractivity contribution in [1.29, 1.82) is 0 Å². The average molecular weight is 543 g/mol. The molecule has 206 valence electrons. The lowest BCUT2D eigenvalue weighted by atomic mass is 9.85. The molecule has 1 fully saturated rings. The summed E-state index contributed by atoms with van der Waals surface area (Å²) in [5.41, 5.74) is 2.34. The van der Waals surface area contributed by atoms with E-state index < -0.39 is 33.6 Å². The Balaban J connectivity index is 1.41. The van der Waals surface area contributed by atoms with Crippen LogP contribution in [0.2, 0.25) is 0 Å². The van der Waals surface area contributed by atoms with Crippen LogP contribution in [-0.2, 0) is 43.9 Å². The molecule has 1 atom stereocenters. The average Bonchev–Trinajstić information content (AvgIpc) is 2.90. The van der Waals surface area contributed by atoms with Crippen molar-refractivity contribution in [3.05, 3.63) is 71.3 Å². The largest absolute Gasteiger partial charge is 0.460 e. The first kappa shape index (κ1) is 28.1. The second-order valence-electron chi connectivity index (χ2n) is 11.1. The molecule has 1 amide bonds. The molecule has 0 radical (unpaired) electrons. The van der Waals surface area contributed by atoms with Crippen molar-refractivity contribution in [2.45, 2.75) is 58.8 Å². The molecule has 9 heteroatoms. The highest BCUT2D eigenvalue weighted by molar-refractivity contribution is 7.89. The third-order valence-electron chi connectivity index (χ3n) is 7.16. The first-order chi connectivity index (χ1) is 18.0. The van der Waals surface area contributed by atoms with Crippen molar-refractivity contribution >= 4 is 22.1 Å². The zero-order chi connectivity index (χ0) is 27.3. The SMILES string of the molecule is CC(C)(C)OC(=O)C(CS(=O)(=O)N1CCc2ccccc2C1)C1CCN(C(=O)OCc2ccccc2)CC1. The van der Waals surface area contributed by atoms with Crippen LogP contribution >= 0.6 is 0 Å². The van der Waals surface area contributed by atoms with Crippen LogP contribution in [0.25, 0.3) is 0 Å². The lowest BCUT2D eigenvalue weighted by molar-refractivity contribution is -0.161. The molecule has 2 aliphatic heterocycles. The maximum Gasteiger partial charge on any atom is 0.410 e. The van der Waals surface area contributed by atoms with E-state index in [2.05, 4.69) is 0 Å². The number of likely N-dealkylation sites (tertiary alicyclic amines) is 1. The molecule has 2 heterocycles. The Morgan fingerprint density at radius 3 is 2.24 bits per heavy atom. The Bertz CT molecular complexity index is 1220. The molecule has 2 aromatic carbocycles. The molecule has 0 saturated carbocycles. The molecule has 0 bridgehead atoms. The third-order valence-corrected chi connectivity index (χ3v) is 9.04. The predicted octanol–water partition coefficient (Wildman–Crippen LogP) is 4.38. The monoisotopic (exact) mass is 542 g/mol. The zero-order valence-corrected chi connectivity index (χ0v) is 23.3. The van der Waals surface area contributed by atoms with Crippen molar-refractivity contribution in [2.75, 3.05) is 25.4 Å². The highest BCUT2D eigenvalue weighted by Gasteiger charge is 2.40. The molecule has 0 spiro atoms. The number of nitrogens with zero attached hydrogens (tertiary/aromatic N) is 2. The highest BCUT2D eigenvalue weighted by atomic mass is 32.2. The lowest BCUT2D eigenvalue weighted by Gasteiger charge is -2.36. The minimum absolute atomic E-state index is 0.192. The van der Waals surface area contributed by atoms with Gasteiger partial charge in [0.25, 0.3) is 0 Å². The molecule has 4 rings (SSSR count). The first-order valence-electron chi connectivity index (χ1n) is 13.2. The van der Waals surface area contributed by atoms with Crippen molar-refractivity contribution in [3.63, 3.8) is 0 Å². The van der Waals surface area contributed by atoms with Crippen molar-refractivity contribution < 1.29 is 27.5 Å². The molecule has 0 aliphatic carbocycles. The number of hydrogen-bond donors (Lipinski definition) is 0. The van der Waals surface area contributed by atoms with Gasteiger partial charge in [-0.05, 0) is 62.6 Å². The maximum atomic E-state index is 13.5.